The third-order valence-corrected chi connectivity index (χ3v) is 2.89. The molecule has 21 heavy (non-hydrogen) atoms. The Balaban J connectivity index is 1.80. The first-order valence-electron chi connectivity index (χ1n) is 6.28. The maximum Gasteiger partial charge on any atom is 0.335 e. The van der Waals surface area contributed by atoms with E-state index < -0.39 is 5.97 Å². The lowest BCUT2D eigenvalue weighted by Crippen LogP contribution is -2.03. The highest BCUT2D eigenvalue weighted by molar-refractivity contribution is 5.92. The molecule has 0 aliphatic rings. The van der Waals surface area contributed by atoms with Crippen LogP contribution in [0.4, 0.5) is 6.01 Å². The number of nitrogens with one attached hydrogen (secondary N) is 1. The van der Waals surface area contributed by atoms with Crippen LogP contribution in [-0.2, 0) is 6.54 Å². The van der Waals surface area contributed by atoms with Gasteiger partial charge in [-0.05, 0) is 31.2 Å². The van der Waals surface area contributed by atoms with Crippen molar-refractivity contribution in [2.75, 3.05) is 5.32 Å². The first-order valence-corrected chi connectivity index (χ1v) is 6.28. The molecule has 0 fully saturated rings. The molecule has 7 heteroatoms. The van der Waals surface area contributed by atoms with Crippen LogP contribution < -0.4 is 5.32 Å². The minimum atomic E-state index is -1.00. The number of carbonyl (C=O) groups is 1. The Morgan fingerprint density at radius 2 is 2.19 bits per heavy atom. The molecule has 2 heterocycles. The molecule has 0 amide bonds. The van der Waals surface area contributed by atoms with Crippen molar-refractivity contribution in [3.63, 3.8) is 0 Å². The fraction of sp³-hybridized carbons (Fsp3) is 0.143. The summed E-state index contributed by atoms with van der Waals surface area (Å²) in [4.78, 5) is 23.4. The molecule has 0 bridgehead atoms. The minimum absolute atomic E-state index is 0.164. The van der Waals surface area contributed by atoms with Gasteiger partial charge in [0.15, 0.2) is 5.58 Å². The van der Waals surface area contributed by atoms with Crippen molar-refractivity contribution in [2.24, 2.45) is 0 Å². The van der Waals surface area contributed by atoms with Crippen molar-refractivity contribution in [1.82, 2.24) is 15.0 Å². The number of hydrogen-bond donors (Lipinski definition) is 2. The molecule has 0 radical (unpaired) electrons. The highest BCUT2D eigenvalue weighted by Gasteiger charge is 2.09. The molecule has 2 aromatic heterocycles. The van der Waals surface area contributed by atoms with Crippen molar-refractivity contribution >= 4 is 23.1 Å². The number of rotatable bonds is 4. The zero-order valence-corrected chi connectivity index (χ0v) is 11.2. The van der Waals surface area contributed by atoms with E-state index in [2.05, 4.69) is 20.3 Å². The summed E-state index contributed by atoms with van der Waals surface area (Å²) in [6, 6.07) is 6.67. The van der Waals surface area contributed by atoms with E-state index in [0.717, 1.165) is 5.69 Å². The molecule has 0 aliphatic carbocycles. The van der Waals surface area contributed by atoms with Gasteiger partial charge in [0, 0.05) is 6.20 Å². The van der Waals surface area contributed by atoms with Gasteiger partial charge < -0.3 is 14.8 Å². The summed E-state index contributed by atoms with van der Waals surface area (Å²) in [6.07, 6.45) is 1.69. The summed E-state index contributed by atoms with van der Waals surface area (Å²) >= 11 is 0. The second-order valence-electron chi connectivity index (χ2n) is 4.46. The predicted octanol–water partition coefficient (Wildman–Crippen LogP) is 2.24. The largest absolute Gasteiger partial charge is 0.478 e. The van der Waals surface area contributed by atoms with Gasteiger partial charge in [-0.3, -0.25) is 0 Å². The normalized spacial score (nSPS) is 10.7. The van der Waals surface area contributed by atoms with Gasteiger partial charge in [-0.1, -0.05) is 0 Å². The van der Waals surface area contributed by atoms with Crippen LogP contribution in [0.15, 0.2) is 34.9 Å². The first-order chi connectivity index (χ1) is 10.1. The Kier molecular flexibility index (Phi) is 3.23. The van der Waals surface area contributed by atoms with Crippen molar-refractivity contribution in [3.8, 4) is 0 Å². The van der Waals surface area contributed by atoms with Crippen LogP contribution in [0.1, 0.15) is 21.9 Å². The molecular weight excluding hydrogens is 272 g/mol. The Morgan fingerprint density at radius 3 is 2.95 bits per heavy atom. The standard InChI is InChI=1S/C14H12N4O3/c1-8-15-5-4-10(17-8)7-16-14-18-11-3-2-9(13(19)20)6-12(11)21-14/h2-6H,7H2,1H3,(H,16,18)(H,19,20). The number of nitrogens with zero attached hydrogens (tertiary/aromatic N) is 3. The molecule has 0 atom stereocenters. The number of benzene rings is 1. The molecule has 0 unspecified atom stereocenters. The number of aromatic nitrogens is 3. The third-order valence-electron chi connectivity index (χ3n) is 2.89. The van der Waals surface area contributed by atoms with Gasteiger partial charge in [0.25, 0.3) is 6.01 Å². The van der Waals surface area contributed by atoms with Gasteiger partial charge in [-0.25, -0.2) is 14.8 Å². The highest BCUT2D eigenvalue weighted by atomic mass is 16.4. The lowest BCUT2D eigenvalue weighted by molar-refractivity contribution is 0.0697. The molecular formula is C14H12N4O3. The maximum atomic E-state index is 10.9. The highest BCUT2D eigenvalue weighted by Crippen LogP contribution is 2.20. The van der Waals surface area contributed by atoms with Crippen LogP contribution in [0.25, 0.3) is 11.1 Å². The topological polar surface area (TPSA) is 101 Å². The Hall–Kier alpha value is -2.96. The number of aromatic carboxylic acids is 1. The first kappa shape index (κ1) is 13.0. The fourth-order valence-corrected chi connectivity index (χ4v) is 1.90. The second-order valence-corrected chi connectivity index (χ2v) is 4.46. The Labute approximate surface area is 119 Å². The van der Waals surface area contributed by atoms with Gasteiger partial charge >= 0.3 is 5.97 Å². The molecule has 3 rings (SSSR count). The van der Waals surface area contributed by atoms with E-state index in [1.54, 1.807) is 18.3 Å². The molecule has 1 aromatic carbocycles. The Bertz CT molecular complexity index is 813. The van der Waals surface area contributed by atoms with Crippen molar-refractivity contribution in [1.29, 1.82) is 0 Å². The summed E-state index contributed by atoms with van der Waals surface area (Å²) in [6.45, 7) is 2.26. The number of hydrogen-bond acceptors (Lipinski definition) is 6. The fourth-order valence-electron chi connectivity index (χ4n) is 1.90. The molecule has 0 aliphatic heterocycles. The van der Waals surface area contributed by atoms with Crippen molar-refractivity contribution < 1.29 is 14.3 Å². The quantitative estimate of drug-likeness (QED) is 0.757. The van der Waals surface area contributed by atoms with E-state index in [1.165, 1.54) is 12.1 Å². The van der Waals surface area contributed by atoms with Crippen LogP contribution in [0, 0.1) is 6.92 Å². The monoisotopic (exact) mass is 284 g/mol. The van der Waals surface area contributed by atoms with Crippen LogP contribution >= 0.6 is 0 Å². The second kappa shape index (κ2) is 5.20. The molecule has 2 N–H and O–H groups in total. The van der Waals surface area contributed by atoms with Crippen LogP contribution in [0.2, 0.25) is 0 Å². The van der Waals surface area contributed by atoms with Gasteiger partial charge in [0.05, 0.1) is 17.8 Å². The molecule has 3 aromatic rings. The summed E-state index contributed by atoms with van der Waals surface area (Å²) in [5.41, 5.74) is 2.00. The van der Waals surface area contributed by atoms with E-state index in [-0.39, 0.29) is 5.56 Å². The van der Waals surface area contributed by atoms with E-state index >= 15 is 0 Å². The predicted molar refractivity (Wildman–Crippen MR) is 75.1 cm³/mol. The number of carboxylic acids is 1. The van der Waals surface area contributed by atoms with Gasteiger partial charge in [-0.15, -0.1) is 0 Å². The number of aryl methyl sites for hydroxylation is 1. The average molecular weight is 284 g/mol. The lowest BCUT2D eigenvalue weighted by Gasteiger charge is -2.01. The SMILES string of the molecule is Cc1nccc(CNc2nc3ccc(C(=O)O)cc3o2)n1. The Morgan fingerprint density at radius 1 is 1.33 bits per heavy atom. The zero-order chi connectivity index (χ0) is 14.8. The van der Waals surface area contributed by atoms with Gasteiger partial charge in [0.2, 0.25) is 0 Å². The molecule has 106 valence electrons. The number of anilines is 1. The van der Waals surface area contributed by atoms with E-state index in [1.807, 2.05) is 6.92 Å². The molecule has 0 saturated heterocycles. The van der Waals surface area contributed by atoms with Crippen molar-refractivity contribution in [3.05, 3.63) is 47.5 Å². The van der Waals surface area contributed by atoms with E-state index in [4.69, 9.17) is 9.52 Å². The average Bonchev–Trinajstić information content (AvgIpc) is 2.87. The number of oxazole rings is 1. The summed E-state index contributed by atoms with van der Waals surface area (Å²) in [7, 11) is 0. The van der Waals surface area contributed by atoms with Crippen LogP contribution in [-0.4, -0.2) is 26.0 Å². The van der Waals surface area contributed by atoms with E-state index in [0.29, 0.717) is 29.5 Å². The summed E-state index contributed by atoms with van der Waals surface area (Å²) < 4.78 is 5.48. The number of carboxylic acid groups (broad SMARTS) is 1. The lowest BCUT2D eigenvalue weighted by atomic mass is 10.2. The van der Waals surface area contributed by atoms with Gasteiger partial charge in [-0.2, -0.15) is 4.98 Å². The molecule has 0 saturated carbocycles. The van der Waals surface area contributed by atoms with E-state index in [9.17, 15) is 4.79 Å². The molecule has 0 spiro atoms. The maximum absolute atomic E-state index is 10.9. The van der Waals surface area contributed by atoms with Crippen molar-refractivity contribution in [2.45, 2.75) is 13.5 Å². The van der Waals surface area contributed by atoms with Gasteiger partial charge in [0.1, 0.15) is 11.3 Å². The molecule has 7 nitrogen and oxygen atoms in total. The number of fused-ring (bicyclic) bond motifs is 1. The summed E-state index contributed by atoms with van der Waals surface area (Å²) in [5, 5.41) is 11.9. The third kappa shape index (κ3) is 2.81. The smallest absolute Gasteiger partial charge is 0.335 e. The van der Waals surface area contributed by atoms with Crippen LogP contribution in [0.5, 0.6) is 0 Å². The zero-order valence-electron chi connectivity index (χ0n) is 11.2. The minimum Gasteiger partial charge on any atom is -0.478 e. The summed E-state index contributed by atoms with van der Waals surface area (Å²) in [5.74, 6) is -0.308. The van der Waals surface area contributed by atoms with Crippen LogP contribution in [0.3, 0.4) is 0 Å².